The first kappa shape index (κ1) is 23.4. The highest BCUT2D eigenvalue weighted by Gasteiger charge is 2.47. The molecule has 2 N–H and O–H groups in total. The normalized spacial score (nSPS) is 22.8. The molecule has 1 heterocycles. The molecule has 7 heteroatoms. The van der Waals surface area contributed by atoms with Gasteiger partial charge in [-0.15, -0.1) is 0 Å². The van der Waals surface area contributed by atoms with Crippen LogP contribution in [0.15, 0.2) is 48.5 Å². The summed E-state index contributed by atoms with van der Waals surface area (Å²) in [4.78, 5) is 39.9. The van der Waals surface area contributed by atoms with Gasteiger partial charge in [-0.05, 0) is 41.0 Å². The maximum atomic E-state index is 13.6. The zero-order valence-corrected chi connectivity index (χ0v) is 20.0. The van der Waals surface area contributed by atoms with Gasteiger partial charge in [-0.25, -0.2) is 4.79 Å². The van der Waals surface area contributed by atoms with Crippen LogP contribution in [0.1, 0.15) is 56.1 Å². The average Bonchev–Trinajstić information content (AvgIpc) is 3.41. The van der Waals surface area contributed by atoms with Crippen molar-refractivity contribution in [3.63, 3.8) is 0 Å². The first-order valence-corrected chi connectivity index (χ1v) is 12.5. The van der Waals surface area contributed by atoms with Gasteiger partial charge in [-0.1, -0.05) is 74.7 Å². The van der Waals surface area contributed by atoms with E-state index in [1.807, 2.05) is 31.2 Å². The molecule has 5 rings (SSSR count). The van der Waals surface area contributed by atoms with Crippen LogP contribution in [-0.2, 0) is 14.3 Å². The molecule has 2 amide bonds. The van der Waals surface area contributed by atoms with Crippen LogP contribution in [0.4, 0.5) is 4.79 Å². The van der Waals surface area contributed by atoms with Crippen molar-refractivity contribution in [3.8, 4) is 11.1 Å². The van der Waals surface area contributed by atoms with E-state index in [1.54, 1.807) is 4.90 Å². The van der Waals surface area contributed by atoms with E-state index in [0.29, 0.717) is 19.4 Å². The molecule has 2 fully saturated rings. The molecule has 2 aromatic rings. The number of carbonyl (C=O) groups excluding carboxylic acids is 2. The van der Waals surface area contributed by atoms with Gasteiger partial charge in [0.1, 0.15) is 12.1 Å². The lowest BCUT2D eigenvalue weighted by Crippen LogP contribution is -2.60. The number of amides is 2. The van der Waals surface area contributed by atoms with Crippen LogP contribution >= 0.6 is 0 Å². The quantitative estimate of drug-likeness (QED) is 0.667. The fourth-order valence-corrected chi connectivity index (χ4v) is 6.13. The van der Waals surface area contributed by atoms with Crippen LogP contribution in [0.25, 0.3) is 11.1 Å². The number of nitrogens with one attached hydrogen (secondary N) is 1. The van der Waals surface area contributed by atoms with Crippen molar-refractivity contribution in [2.24, 2.45) is 11.8 Å². The molecule has 184 valence electrons. The molecule has 2 aromatic carbocycles. The molecular weight excluding hydrogens is 444 g/mol. The summed E-state index contributed by atoms with van der Waals surface area (Å²) in [6.45, 7) is 2.62. The summed E-state index contributed by atoms with van der Waals surface area (Å²) in [6.07, 6.45) is 3.17. The summed E-state index contributed by atoms with van der Waals surface area (Å²) >= 11 is 0. The Morgan fingerprint density at radius 2 is 1.57 bits per heavy atom. The Bertz CT molecular complexity index is 1090. The van der Waals surface area contributed by atoms with Crippen molar-refractivity contribution < 1.29 is 24.2 Å². The molecule has 0 spiro atoms. The number of ether oxygens (including phenoxy) is 1. The molecule has 0 radical (unpaired) electrons. The number of likely N-dealkylation sites (tertiary alicyclic amines) is 1. The van der Waals surface area contributed by atoms with Crippen LogP contribution < -0.4 is 5.32 Å². The molecule has 0 bridgehead atoms. The van der Waals surface area contributed by atoms with Gasteiger partial charge in [0.15, 0.2) is 0 Å². The number of carboxylic acids is 1. The lowest BCUT2D eigenvalue weighted by molar-refractivity contribution is -0.143. The molecule has 1 saturated carbocycles. The fourth-order valence-electron chi connectivity index (χ4n) is 6.13. The maximum Gasteiger partial charge on any atom is 0.408 e. The van der Waals surface area contributed by atoms with Crippen molar-refractivity contribution in [3.05, 3.63) is 59.7 Å². The zero-order valence-electron chi connectivity index (χ0n) is 20.0. The highest BCUT2D eigenvalue weighted by Crippen LogP contribution is 2.44. The minimum absolute atomic E-state index is 0.0538. The first-order valence-electron chi connectivity index (χ1n) is 12.5. The van der Waals surface area contributed by atoms with Gasteiger partial charge in [-0.3, -0.25) is 9.59 Å². The topological polar surface area (TPSA) is 95.9 Å². The fraction of sp³-hybridized carbons (Fsp3) is 0.464. The second kappa shape index (κ2) is 9.36. The second-order valence-corrected chi connectivity index (χ2v) is 10.2. The van der Waals surface area contributed by atoms with Gasteiger partial charge in [0.25, 0.3) is 0 Å². The molecule has 2 unspecified atom stereocenters. The van der Waals surface area contributed by atoms with Gasteiger partial charge in [0.05, 0.1) is 5.92 Å². The van der Waals surface area contributed by atoms with Crippen molar-refractivity contribution in [1.29, 1.82) is 0 Å². The van der Waals surface area contributed by atoms with Gasteiger partial charge in [-0.2, -0.15) is 0 Å². The van der Waals surface area contributed by atoms with Gasteiger partial charge >= 0.3 is 12.1 Å². The maximum absolute atomic E-state index is 13.6. The summed E-state index contributed by atoms with van der Waals surface area (Å²) in [5.74, 6) is -1.81. The van der Waals surface area contributed by atoms with E-state index in [2.05, 4.69) is 29.6 Å². The van der Waals surface area contributed by atoms with Crippen LogP contribution in [-0.4, -0.2) is 53.2 Å². The van der Waals surface area contributed by atoms with Crippen LogP contribution in [0.5, 0.6) is 0 Å². The predicted octanol–water partition coefficient (Wildman–Crippen LogP) is 4.41. The Balaban J connectivity index is 1.30. The number of alkyl carbamates (subject to hydrolysis) is 1. The average molecular weight is 477 g/mol. The van der Waals surface area contributed by atoms with Gasteiger partial charge in [0, 0.05) is 19.0 Å². The summed E-state index contributed by atoms with van der Waals surface area (Å²) in [7, 11) is 0. The molecule has 2 aliphatic carbocycles. The Morgan fingerprint density at radius 1 is 0.971 bits per heavy atom. The number of hydrogen-bond acceptors (Lipinski definition) is 4. The van der Waals surface area contributed by atoms with Crippen molar-refractivity contribution >= 4 is 18.0 Å². The molecule has 1 aliphatic heterocycles. The van der Waals surface area contributed by atoms with E-state index in [9.17, 15) is 19.5 Å². The highest BCUT2D eigenvalue weighted by atomic mass is 16.5. The number of benzene rings is 2. The van der Waals surface area contributed by atoms with Crippen LogP contribution in [0, 0.1) is 11.8 Å². The molecule has 1 saturated heterocycles. The van der Waals surface area contributed by atoms with Crippen LogP contribution in [0.2, 0.25) is 0 Å². The van der Waals surface area contributed by atoms with E-state index in [4.69, 9.17) is 4.74 Å². The van der Waals surface area contributed by atoms with Crippen molar-refractivity contribution in [1.82, 2.24) is 10.2 Å². The molecular formula is C28H32N2O5. The molecule has 0 aromatic heterocycles. The molecule has 2 atom stereocenters. The minimum atomic E-state index is -1.03. The van der Waals surface area contributed by atoms with E-state index < -0.39 is 23.5 Å². The predicted molar refractivity (Wildman–Crippen MR) is 131 cm³/mol. The standard InChI is InChI=1S/C28H32N2O5/c1-18-15-30(16-23(18)25(31)32)26(33)28(13-7-2-8-14-28)29-27(34)35-17-24-21-11-5-3-9-19(21)20-10-4-6-12-22(20)24/h3-6,9-12,18,23-24H,2,7-8,13-17H2,1H3,(H,29,34)(H,31,32). The number of aliphatic carboxylic acids is 1. The van der Waals surface area contributed by atoms with Crippen molar-refractivity contribution in [2.45, 2.75) is 50.5 Å². The largest absolute Gasteiger partial charge is 0.481 e. The molecule has 35 heavy (non-hydrogen) atoms. The smallest absolute Gasteiger partial charge is 0.408 e. The molecule has 3 aliphatic rings. The number of hydrogen-bond donors (Lipinski definition) is 2. The molecule has 7 nitrogen and oxygen atoms in total. The Kier molecular flexibility index (Phi) is 6.26. The third-order valence-electron chi connectivity index (χ3n) is 8.02. The Labute approximate surface area is 205 Å². The van der Waals surface area contributed by atoms with Gasteiger partial charge < -0.3 is 20.1 Å². The van der Waals surface area contributed by atoms with Crippen LogP contribution in [0.3, 0.4) is 0 Å². The lowest BCUT2D eigenvalue weighted by Gasteiger charge is -2.39. The Morgan fingerprint density at radius 3 is 2.14 bits per heavy atom. The summed E-state index contributed by atoms with van der Waals surface area (Å²) < 4.78 is 5.75. The number of fused-ring (bicyclic) bond motifs is 3. The number of nitrogens with zero attached hydrogens (tertiary/aromatic N) is 1. The van der Waals surface area contributed by atoms with Gasteiger partial charge in [0.2, 0.25) is 5.91 Å². The number of rotatable bonds is 5. The highest BCUT2D eigenvalue weighted by molar-refractivity contribution is 5.91. The Hall–Kier alpha value is -3.35. The summed E-state index contributed by atoms with van der Waals surface area (Å²) in [5, 5.41) is 12.4. The monoisotopic (exact) mass is 476 g/mol. The third kappa shape index (κ3) is 4.28. The van der Waals surface area contributed by atoms with E-state index in [-0.39, 0.29) is 30.9 Å². The van der Waals surface area contributed by atoms with E-state index >= 15 is 0 Å². The SMILES string of the molecule is CC1CN(C(=O)C2(NC(=O)OCC3c4ccccc4-c4ccccc43)CCCCC2)CC1C(=O)O. The summed E-state index contributed by atoms with van der Waals surface area (Å²) in [5.41, 5.74) is 3.55. The first-order chi connectivity index (χ1) is 16.9. The zero-order chi connectivity index (χ0) is 24.6. The van der Waals surface area contributed by atoms with Crippen molar-refractivity contribution in [2.75, 3.05) is 19.7 Å². The second-order valence-electron chi connectivity index (χ2n) is 10.2. The summed E-state index contributed by atoms with van der Waals surface area (Å²) in [6, 6.07) is 16.3. The number of carboxylic acid groups (broad SMARTS) is 1. The van der Waals surface area contributed by atoms with E-state index in [0.717, 1.165) is 41.5 Å². The number of carbonyl (C=O) groups is 3. The third-order valence-corrected chi connectivity index (χ3v) is 8.02. The minimum Gasteiger partial charge on any atom is -0.481 e. The lowest BCUT2D eigenvalue weighted by atomic mass is 9.80. The van der Waals surface area contributed by atoms with E-state index in [1.165, 1.54) is 0 Å².